The third-order valence-electron chi connectivity index (χ3n) is 2.20. The van der Waals surface area contributed by atoms with Crippen LogP contribution in [0.15, 0.2) is 23.6 Å². The number of nitrogens with two attached hydrogens (primary N) is 1. The zero-order valence-electron chi connectivity index (χ0n) is 8.58. The van der Waals surface area contributed by atoms with E-state index in [0.29, 0.717) is 10.0 Å². The first-order chi connectivity index (χ1) is 7.58. The molecule has 0 saturated carbocycles. The van der Waals surface area contributed by atoms with E-state index in [1.807, 2.05) is 18.4 Å². The first-order valence-corrected chi connectivity index (χ1v) is 6.34. The molecule has 2 nitrogen and oxygen atoms in total. The lowest BCUT2D eigenvalue weighted by atomic mass is 10.1. The van der Waals surface area contributed by atoms with E-state index in [9.17, 15) is 0 Å². The van der Waals surface area contributed by atoms with E-state index in [4.69, 9.17) is 28.9 Å². The van der Waals surface area contributed by atoms with Crippen LogP contribution in [-0.4, -0.2) is 4.98 Å². The van der Waals surface area contributed by atoms with Gasteiger partial charge >= 0.3 is 0 Å². The van der Waals surface area contributed by atoms with Crippen LogP contribution in [0.4, 0.5) is 0 Å². The molecule has 0 amide bonds. The molecule has 0 aliphatic carbocycles. The number of benzene rings is 1. The predicted molar refractivity (Wildman–Crippen MR) is 69.3 cm³/mol. The molecule has 0 aliphatic heterocycles. The Morgan fingerprint density at radius 2 is 2.12 bits per heavy atom. The normalized spacial score (nSPS) is 12.8. The average Bonchev–Trinajstić information content (AvgIpc) is 2.64. The fourth-order valence-corrected chi connectivity index (χ4v) is 2.74. The number of aryl methyl sites for hydroxylation is 1. The van der Waals surface area contributed by atoms with Crippen molar-refractivity contribution < 1.29 is 0 Å². The maximum absolute atomic E-state index is 6.10. The highest BCUT2D eigenvalue weighted by molar-refractivity contribution is 7.09. The van der Waals surface area contributed by atoms with Crippen LogP contribution in [0.25, 0.3) is 0 Å². The Hall–Kier alpha value is -0.610. The Labute approximate surface area is 108 Å². The summed E-state index contributed by atoms with van der Waals surface area (Å²) in [6, 6.07) is 5.02. The molecule has 2 N–H and O–H groups in total. The molecule has 84 valence electrons. The maximum atomic E-state index is 6.10. The summed E-state index contributed by atoms with van der Waals surface area (Å²) in [6.07, 6.45) is 0. The van der Waals surface area contributed by atoms with Gasteiger partial charge in [0.2, 0.25) is 0 Å². The van der Waals surface area contributed by atoms with Gasteiger partial charge in [-0.15, -0.1) is 11.3 Å². The van der Waals surface area contributed by atoms with Crippen LogP contribution < -0.4 is 5.73 Å². The molecule has 16 heavy (non-hydrogen) atoms. The summed E-state index contributed by atoms with van der Waals surface area (Å²) in [5.41, 5.74) is 7.92. The van der Waals surface area contributed by atoms with Gasteiger partial charge < -0.3 is 5.73 Å². The van der Waals surface area contributed by atoms with E-state index in [2.05, 4.69) is 4.98 Å². The summed E-state index contributed by atoms with van der Waals surface area (Å²) >= 11 is 13.5. The van der Waals surface area contributed by atoms with Crippen LogP contribution in [-0.2, 0) is 0 Å². The highest BCUT2D eigenvalue weighted by Crippen LogP contribution is 2.30. The predicted octanol–water partition coefficient (Wildman–Crippen LogP) is 3.81. The van der Waals surface area contributed by atoms with Crippen molar-refractivity contribution >= 4 is 34.5 Å². The van der Waals surface area contributed by atoms with Crippen molar-refractivity contribution in [3.63, 3.8) is 0 Å². The van der Waals surface area contributed by atoms with Crippen molar-refractivity contribution in [2.45, 2.75) is 13.0 Å². The van der Waals surface area contributed by atoms with E-state index in [0.717, 1.165) is 16.3 Å². The molecule has 0 spiro atoms. The van der Waals surface area contributed by atoms with Gasteiger partial charge in [0.1, 0.15) is 5.01 Å². The van der Waals surface area contributed by atoms with Gasteiger partial charge in [-0.1, -0.05) is 29.3 Å². The zero-order valence-corrected chi connectivity index (χ0v) is 10.9. The summed E-state index contributed by atoms with van der Waals surface area (Å²) < 4.78 is 0. The first-order valence-electron chi connectivity index (χ1n) is 4.70. The number of aromatic nitrogens is 1. The van der Waals surface area contributed by atoms with Gasteiger partial charge in [0.25, 0.3) is 0 Å². The Bertz CT molecular complexity index is 510. The SMILES string of the molecule is Cc1csc(C(N)c2ccc(Cl)cc2Cl)n1. The van der Waals surface area contributed by atoms with Crippen LogP contribution in [0.5, 0.6) is 0 Å². The molecule has 0 radical (unpaired) electrons. The summed E-state index contributed by atoms with van der Waals surface area (Å²) in [4.78, 5) is 4.35. The quantitative estimate of drug-likeness (QED) is 0.903. The molecule has 2 aromatic rings. The van der Waals surface area contributed by atoms with Crippen LogP contribution in [0.2, 0.25) is 10.0 Å². The minimum absolute atomic E-state index is 0.288. The zero-order chi connectivity index (χ0) is 11.7. The maximum Gasteiger partial charge on any atom is 0.114 e. The average molecular weight is 273 g/mol. The minimum atomic E-state index is -0.288. The molecular formula is C11H10Cl2N2S. The number of hydrogen-bond acceptors (Lipinski definition) is 3. The number of rotatable bonds is 2. The topological polar surface area (TPSA) is 38.9 Å². The molecule has 0 fully saturated rings. The van der Waals surface area contributed by atoms with Crippen molar-refractivity contribution in [3.05, 3.63) is 49.9 Å². The Morgan fingerprint density at radius 1 is 1.38 bits per heavy atom. The third kappa shape index (κ3) is 2.38. The number of hydrogen-bond donors (Lipinski definition) is 1. The van der Waals surface area contributed by atoms with Gasteiger partial charge in [0, 0.05) is 21.1 Å². The highest BCUT2D eigenvalue weighted by Gasteiger charge is 2.15. The smallest absolute Gasteiger partial charge is 0.114 e. The van der Waals surface area contributed by atoms with Crippen molar-refractivity contribution in [1.29, 1.82) is 0 Å². The monoisotopic (exact) mass is 272 g/mol. The summed E-state index contributed by atoms with van der Waals surface area (Å²) in [6.45, 7) is 1.94. The Kier molecular flexibility index (Phi) is 3.50. The molecule has 2 rings (SSSR count). The lowest BCUT2D eigenvalue weighted by Crippen LogP contribution is -2.12. The summed E-state index contributed by atoms with van der Waals surface area (Å²) in [5.74, 6) is 0. The molecule has 0 saturated heterocycles. The Balaban J connectivity index is 2.37. The fraction of sp³-hybridized carbons (Fsp3) is 0.182. The summed E-state index contributed by atoms with van der Waals surface area (Å²) in [5, 5.41) is 4.02. The second kappa shape index (κ2) is 4.72. The molecular weight excluding hydrogens is 263 g/mol. The molecule has 1 heterocycles. The van der Waals surface area contributed by atoms with Gasteiger partial charge in [-0.05, 0) is 24.6 Å². The number of halogens is 2. The first kappa shape index (κ1) is 11.9. The molecule has 1 unspecified atom stereocenters. The van der Waals surface area contributed by atoms with Crippen LogP contribution in [0.1, 0.15) is 22.3 Å². The minimum Gasteiger partial charge on any atom is -0.318 e. The van der Waals surface area contributed by atoms with Crippen molar-refractivity contribution in [3.8, 4) is 0 Å². The standard InChI is InChI=1S/C11H10Cl2N2S/c1-6-5-16-11(15-6)10(14)8-3-2-7(12)4-9(8)13/h2-5,10H,14H2,1H3. The van der Waals surface area contributed by atoms with Gasteiger partial charge in [-0.2, -0.15) is 0 Å². The van der Waals surface area contributed by atoms with Gasteiger partial charge in [0.15, 0.2) is 0 Å². The third-order valence-corrected chi connectivity index (χ3v) is 3.81. The lowest BCUT2D eigenvalue weighted by molar-refractivity contribution is 0.853. The van der Waals surface area contributed by atoms with Crippen molar-refractivity contribution in [2.24, 2.45) is 5.73 Å². The molecule has 0 bridgehead atoms. The fourth-order valence-electron chi connectivity index (χ4n) is 1.40. The van der Waals surface area contributed by atoms with Crippen LogP contribution in [0, 0.1) is 6.92 Å². The van der Waals surface area contributed by atoms with Crippen LogP contribution in [0.3, 0.4) is 0 Å². The lowest BCUT2D eigenvalue weighted by Gasteiger charge is -2.11. The summed E-state index contributed by atoms with van der Waals surface area (Å²) in [7, 11) is 0. The molecule has 1 atom stereocenters. The van der Waals surface area contributed by atoms with Gasteiger partial charge in [0.05, 0.1) is 6.04 Å². The van der Waals surface area contributed by atoms with Crippen molar-refractivity contribution in [1.82, 2.24) is 4.98 Å². The van der Waals surface area contributed by atoms with Crippen molar-refractivity contribution in [2.75, 3.05) is 0 Å². The molecule has 1 aromatic carbocycles. The van der Waals surface area contributed by atoms with E-state index in [-0.39, 0.29) is 6.04 Å². The molecule has 5 heteroatoms. The van der Waals surface area contributed by atoms with Crippen LogP contribution >= 0.6 is 34.5 Å². The highest BCUT2D eigenvalue weighted by atomic mass is 35.5. The number of thiazole rings is 1. The van der Waals surface area contributed by atoms with E-state index < -0.39 is 0 Å². The van der Waals surface area contributed by atoms with Gasteiger partial charge in [-0.3, -0.25) is 0 Å². The van der Waals surface area contributed by atoms with Gasteiger partial charge in [-0.25, -0.2) is 4.98 Å². The molecule has 0 aliphatic rings. The largest absolute Gasteiger partial charge is 0.318 e. The second-order valence-electron chi connectivity index (χ2n) is 3.47. The Morgan fingerprint density at radius 3 is 2.69 bits per heavy atom. The van der Waals surface area contributed by atoms with E-state index in [1.54, 1.807) is 12.1 Å². The second-order valence-corrected chi connectivity index (χ2v) is 5.20. The number of nitrogens with zero attached hydrogens (tertiary/aromatic N) is 1. The molecule has 1 aromatic heterocycles. The van der Waals surface area contributed by atoms with E-state index >= 15 is 0 Å². The van der Waals surface area contributed by atoms with E-state index in [1.165, 1.54) is 11.3 Å².